The molecule has 21 heavy (non-hydrogen) atoms. The average molecular weight is 291 g/mol. The Morgan fingerprint density at radius 2 is 2.10 bits per heavy atom. The van der Waals surface area contributed by atoms with Crippen LogP contribution in [-0.4, -0.2) is 66.4 Å². The molecule has 1 unspecified atom stereocenters. The molecule has 2 fully saturated rings. The van der Waals surface area contributed by atoms with Gasteiger partial charge in [0.2, 0.25) is 0 Å². The van der Waals surface area contributed by atoms with E-state index in [9.17, 15) is 9.90 Å². The van der Waals surface area contributed by atoms with Crippen LogP contribution in [0.3, 0.4) is 0 Å². The number of hydrogen-bond acceptors (Lipinski definition) is 5. The summed E-state index contributed by atoms with van der Waals surface area (Å²) in [5, 5.41) is 9.34. The van der Waals surface area contributed by atoms with Crippen molar-refractivity contribution >= 4 is 11.8 Å². The second kappa shape index (κ2) is 5.99. The van der Waals surface area contributed by atoms with Gasteiger partial charge in [0, 0.05) is 37.9 Å². The Bertz CT molecular complexity index is 529. The maximum atomic E-state index is 11.4. The first-order chi connectivity index (χ1) is 10.1. The summed E-state index contributed by atoms with van der Waals surface area (Å²) in [6, 6.07) is 3.88. The number of hydrogen-bond donors (Lipinski definition) is 1. The van der Waals surface area contributed by atoms with Gasteiger partial charge in [-0.2, -0.15) is 0 Å². The molecular weight excluding hydrogens is 270 g/mol. The smallest absolute Gasteiger partial charge is 0.339 e. The first-order valence-corrected chi connectivity index (χ1v) is 7.43. The van der Waals surface area contributed by atoms with E-state index >= 15 is 0 Å². The first kappa shape index (κ1) is 14.3. The van der Waals surface area contributed by atoms with Gasteiger partial charge >= 0.3 is 5.97 Å². The number of ether oxygens (including phenoxy) is 1. The lowest BCUT2D eigenvalue weighted by molar-refractivity contribution is 0.0209. The highest BCUT2D eigenvalue weighted by Crippen LogP contribution is 2.25. The lowest BCUT2D eigenvalue weighted by Gasteiger charge is -2.32. The lowest BCUT2D eigenvalue weighted by Crippen LogP contribution is -2.44. The fourth-order valence-electron chi connectivity index (χ4n) is 3.13. The summed E-state index contributed by atoms with van der Waals surface area (Å²) < 4.78 is 5.39. The maximum absolute atomic E-state index is 11.4. The first-order valence-electron chi connectivity index (χ1n) is 7.43. The largest absolute Gasteiger partial charge is 0.478 e. The molecule has 0 radical (unpaired) electrons. The lowest BCUT2D eigenvalue weighted by atomic mass is 10.2. The molecular formula is C15H21N3O3. The van der Waals surface area contributed by atoms with E-state index in [0.717, 1.165) is 51.5 Å². The van der Waals surface area contributed by atoms with Crippen LogP contribution in [0.25, 0.3) is 0 Å². The van der Waals surface area contributed by atoms with Gasteiger partial charge in [0.1, 0.15) is 11.4 Å². The second-order valence-corrected chi connectivity index (χ2v) is 5.67. The molecule has 3 rings (SSSR count). The summed E-state index contributed by atoms with van der Waals surface area (Å²) in [4.78, 5) is 20.4. The summed E-state index contributed by atoms with van der Waals surface area (Å²) in [7, 11) is 0. The van der Waals surface area contributed by atoms with Gasteiger partial charge < -0.3 is 14.7 Å². The molecule has 1 aromatic rings. The monoisotopic (exact) mass is 291 g/mol. The molecule has 0 aliphatic carbocycles. The summed E-state index contributed by atoms with van der Waals surface area (Å²) in [5.74, 6) is -0.300. The Hall–Kier alpha value is -1.66. The fraction of sp³-hybridized carbons (Fsp3) is 0.600. The summed E-state index contributed by atoms with van der Waals surface area (Å²) >= 11 is 0. The third kappa shape index (κ3) is 3.01. The number of morpholine rings is 1. The molecule has 0 saturated carbocycles. The SMILES string of the molecule is Cc1ccc(C(=O)O)c(N2CCC(N3CCOCC3)C2)n1. The second-order valence-electron chi connectivity index (χ2n) is 5.67. The predicted molar refractivity (Wildman–Crippen MR) is 78.9 cm³/mol. The minimum atomic E-state index is -0.910. The van der Waals surface area contributed by atoms with E-state index in [2.05, 4.69) is 14.8 Å². The van der Waals surface area contributed by atoms with Crippen molar-refractivity contribution in [3.05, 3.63) is 23.4 Å². The maximum Gasteiger partial charge on any atom is 0.339 e. The van der Waals surface area contributed by atoms with E-state index in [1.165, 1.54) is 0 Å². The van der Waals surface area contributed by atoms with E-state index in [4.69, 9.17) is 4.74 Å². The van der Waals surface area contributed by atoms with Crippen LogP contribution >= 0.6 is 0 Å². The molecule has 1 atom stereocenters. The van der Waals surface area contributed by atoms with Crippen LogP contribution in [0.5, 0.6) is 0 Å². The Kier molecular flexibility index (Phi) is 4.07. The quantitative estimate of drug-likeness (QED) is 0.896. The highest BCUT2D eigenvalue weighted by atomic mass is 16.5. The van der Waals surface area contributed by atoms with E-state index in [1.54, 1.807) is 12.1 Å². The van der Waals surface area contributed by atoms with Crippen LogP contribution in [0, 0.1) is 6.92 Å². The topological polar surface area (TPSA) is 65.9 Å². The van der Waals surface area contributed by atoms with Crippen LogP contribution in [0.1, 0.15) is 22.5 Å². The van der Waals surface area contributed by atoms with Gasteiger partial charge in [0.25, 0.3) is 0 Å². The van der Waals surface area contributed by atoms with Gasteiger partial charge in [-0.3, -0.25) is 4.90 Å². The van der Waals surface area contributed by atoms with E-state index in [-0.39, 0.29) is 0 Å². The number of aromatic nitrogens is 1. The van der Waals surface area contributed by atoms with Gasteiger partial charge in [-0.05, 0) is 25.5 Å². The average Bonchev–Trinajstić information content (AvgIpc) is 2.97. The molecule has 2 aliphatic rings. The number of carboxylic acid groups (broad SMARTS) is 1. The van der Waals surface area contributed by atoms with Crippen LogP contribution in [0.2, 0.25) is 0 Å². The zero-order chi connectivity index (χ0) is 14.8. The Morgan fingerprint density at radius 3 is 2.81 bits per heavy atom. The minimum absolute atomic E-state index is 0.295. The molecule has 6 nitrogen and oxygen atoms in total. The van der Waals surface area contributed by atoms with Crippen LogP contribution in [0.15, 0.2) is 12.1 Å². The summed E-state index contributed by atoms with van der Waals surface area (Å²) in [6.07, 6.45) is 1.05. The molecule has 6 heteroatoms. The summed E-state index contributed by atoms with van der Waals surface area (Å²) in [5.41, 5.74) is 1.15. The van der Waals surface area contributed by atoms with Crippen molar-refractivity contribution in [2.45, 2.75) is 19.4 Å². The van der Waals surface area contributed by atoms with Gasteiger partial charge in [-0.15, -0.1) is 0 Å². The van der Waals surface area contributed by atoms with E-state index in [1.807, 2.05) is 6.92 Å². The molecule has 0 aromatic carbocycles. The number of rotatable bonds is 3. The van der Waals surface area contributed by atoms with Crippen molar-refractivity contribution in [3.63, 3.8) is 0 Å². The third-order valence-corrected chi connectivity index (χ3v) is 4.27. The summed E-state index contributed by atoms with van der Waals surface area (Å²) in [6.45, 7) is 7.11. The molecule has 2 saturated heterocycles. The standard InChI is InChI=1S/C15H21N3O3/c1-11-2-3-13(15(19)20)14(16-11)18-5-4-12(10-18)17-6-8-21-9-7-17/h2-3,12H,4-10H2,1H3,(H,19,20). The van der Waals surface area contributed by atoms with Gasteiger partial charge in [0.05, 0.1) is 13.2 Å². The van der Waals surface area contributed by atoms with Crippen molar-refractivity contribution in [2.75, 3.05) is 44.3 Å². The van der Waals surface area contributed by atoms with Crippen molar-refractivity contribution in [1.82, 2.24) is 9.88 Å². The predicted octanol–water partition coefficient (Wildman–Crippen LogP) is 0.999. The Balaban J connectivity index is 1.76. The molecule has 2 aliphatic heterocycles. The number of carbonyl (C=O) groups is 1. The van der Waals surface area contributed by atoms with Gasteiger partial charge in [-0.1, -0.05) is 0 Å². The zero-order valence-electron chi connectivity index (χ0n) is 12.3. The number of aromatic carboxylic acids is 1. The van der Waals surface area contributed by atoms with Crippen LogP contribution in [-0.2, 0) is 4.74 Å². The minimum Gasteiger partial charge on any atom is -0.478 e. The van der Waals surface area contributed by atoms with Crippen molar-refractivity contribution in [3.8, 4) is 0 Å². The van der Waals surface area contributed by atoms with Crippen molar-refractivity contribution in [2.24, 2.45) is 0 Å². The molecule has 3 heterocycles. The van der Waals surface area contributed by atoms with Crippen molar-refractivity contribution in [1.29, 1.82) is 0 Å². The molecule has 1 aromatic heterocycles. The van der Waals surface area contributed by atoms with Crippen LogP contribution < -0.4 is 4.90 Å². The van der Waals surface area contributed by atoms with Gasteiger partial charge in [0.15, 0.2) is 0 Å². The number of aryl methyl sites for hydroxylation is 1. The van der Waals surface area contributed by atoms with Crippen LogP contribution in [0.4, 0.5) is 5.82 Å². The molecule has 114 valence electrons. The molecule has 0 spiro atoms. The normalized spacial score (nSPS) is 23.5. The Labute approximate surface area is 124 Å². The third-order valence-electron chi connectivity index (χ3n) is 4.27. The number of nitrogens with zero attached hydrogens (tertiary/aromatic N) is 3. The Morgan fingerprint density at radius 1 is 1.33 bits per heavy atom. The number of carboxylic acids is 1. The zero-order valence-corrected chi connectivity index (χ0v) is 12.3. The van der Waals surface area contributed by atoms with E-state index < -0.39 is 5.97 Å². The highest BCUT2D eigenvalue weighted by molar-refractivity contribution is 5.93. The van der Waals surface area contributed by atoms with Gasteiger partial charge in [-0.25, -0.2) is 9.78 Å². The fourth-order valence-corrected chi connectivity index (χ4v) is 3.13. The molecule has 0 bridgehead atoms. The molecule has 1 N–H and O–H groups in total. The number of anilines is 1. The highest BCUT2D eigenvalue weighted by Gasteiger charge is 2.31. The van der Waals surface area contributed by atoms with E-state index in [0.29, 0.717) is 17.4 Å². The molecule has 0 amide bonds. The number of pyridine rings is 1. The van der Waals surface area contributed by atoms with Crippen molar-refractivity contribution < 1.29 is 14.6 Å².